The Bertz CT molecular complexity index is 754. The molecule has 0 aliphatic rings. The normalized spacial score (nSPS) is 11.9. The van der Waals surface area contributed by atoms with E-state index in [1.54, 1.807) is 23.7 Å². The van der Waals surface area contributed by atoms with E-state index >= 15 is 0 Å². The molecule has 2 heterocycles. The molecule has 21 heavy (non-hydrogen) atoms. The third-order valence-electron chi connectivity index (χ3n) is 3.04. The molecule has 1 N–H and O–H groups in total. The van der Waals surface area contributed by atoms with Gasteiger partial charge in [-0.25, -0.2) is 4.98 Å². The summed E-state index contributed by atoms with van der Waals surface area (Å²) in [5, 5.41) is 9.75. The van der Waals surface area contributed by atoms with Crippen LogP contribution in [0.3, 0.4) is 0 Å². The molecule has 3 aromatic rings. The minimum absolute atomic E-state index is 0.0719. The zero-order valence-corrected chi connectivity index (χ0v) is 12.0. The van der Waals surface area contributed by atoms with Gasteiger partial charge in [-0.15, -0.1) is 11.3 Å². The summed E-state index contributed by atoms with van der Waals surface area (Å²) in [6, 6.07) is 11.5. The first-order valence-electron chi connectivity index (χ1n) is 6.54. The average molecular weight is 299 g/mol. The maximum atomic E-state index is 10.8. The van der Waals surface area contributed by atoms with Gasteiger partial charge in [0.15, 0.2) is 0 Å². The molecule has 106 valence electrons. The van der Waals surface area contributed by atoms with Gasteiger partial charge in [0, 0.05) is 6.42 Å². The predicted molar refractivity (Wildman–Crippen MR) is 83.1 cm³/mol. The number of hydrogen-bond acceptors (Lipinski definition) is 4. The first kappa shape index (κ1) is 13.6. The molecule has 0 unspecified atom stereocenters. The smallest absolute Gasteiger partial charge is 0.303 e. The van der Waals surface area contributed by atoms with Gasteiger partial charge in [0.05, 0.1) is 16.5 Å². The lowest BCUT2D eigenvalue weighted by molar-refractivity contribution is -0.136. The van der Waals surface area contributed by atoms with E-state index in [4.69, 9.17) is 9.52 Å². The highest BCUT2D eigenvalue weighted by Crippen LogP contribution is 2.30. The summed E-state index contributed by atoms with van der Waals surface area (Å²) in [6.45, 7) is 0. The molecular formula is C16H13NO3S. The van der Waals surface area contributed by atoms with E-state index < -0.39 is 5.97 Å². The third-order valence-corrected chi connectivity index (χ3v) is 4.15. The van der Waals surface area contributed by atoms with Gasteiger partial charge >= 0.3 is 5.97 Å². The second kappa shape index (κ2) is 5.93. The Hall–Kier alpha value is -2.40. The van der Waals surface area contributed by atoms with Gasteiger partial charge in [-0.3, -0.25) is 4.79 Å². The molecule has 0 fully saturated rings. The number of benzene rings is 1. The summed E-state index contributed by atoms with van der Waals surface area (Å²) in [7, 11) is 0. The van der Waals surface area contributed by atoms with Crippen LogP contribution in [0.25, 0.3) is 21.9 Å². The lowest BCUT2D eigenvalue weighted by Gasteiger charge is -2.01. The molecule has 0 amide bonds. The van der Waals surface area contributed by atoms with E-state index in [0.717, 1.165) is 20.8 Å². The first-order chi connectivity index (χ1) is 10.2. The molecule has 0 saturated heterocycles. The largest absolute Gasteiger partial charge is 0.481 e. The SMILES string of the molecule is O=C(O)CC/C(=C/c1ccco1)c1nc2ccccc2s1. The number of thiazole rings is 1. The van der Waals surface area contributed by atoms with Crippen molar-refractivity contribution in [2.75, 3.05) is 0 Å². The van der Waals surface area contributed by atoms with Crippen LogP contribution in [0.4, 0.5) is 0 Å². The highest BCUT2D eigenvalue weighted by Gasteiger charge is 2.11. The summed E-state index contributed by atoms with van der Waals surface area (Å²) in [5.41, 5.74) is 1.81. The van der Waals surface area contributed by atoms with Crippen molar-refractivity contribution < 1.29 is 14.3 Å². The zero-order chi connectivity index (χ0) is 14.7. The maximum absolute atomic E-state index is 10.8. The van der Waals surface area contributed by atoms with Gasteiger partial charge in [0.25, 0.3) is 0 Å². The summed E-state index contributed by atoms with van der Waals surface area (Å²) < 4.78 is 6.41. The van der Waals surface area contributed by atoms with Crippen molar-refractivity contribution in [1.29, 1.82) is 0 Å². The van der Waals surface area contributed by atoms with Crippen LogP contribution >= 0.6 is 11.3 Å². The molecule has 0 radical (unpaired) electrons. The molecule has 5 heteroatoms. The van der Waals surface area contributed by atoms with Gasteiger partial charge in [-0.05, 0) is 42.3 Å². The molecule has 0 saturated carbocycles. The topological polar surface area (TPSA) is 63.3 Å². The number of hydrogen-bond donors (Lipinski definition) is 1. The minimum Gasteiger partial charge on any atom is -0.481 e. The summed E-state index contributed by atoms with van der Waals surface area (Å²) >= 11 is 1.56. The van der Waals surface area contributed by atoms with Crippen LogP contribution in [0.15, 0.2) is 47.1 Å². The van der Waals surface area contributed by atoms with E-state index in [-0.39, 0.29) is 6.42 Å². The molecule has 4 nitrogen and oxygen atoms in total. The second-order valence-corrected chi connectivity index (χ2v) is 5.60. The van der Waals surface area contributed by atoms with Gasteiger partial charge in [-0.2, -0.15) is 0 Å². The number of rotatable bonds is 5. The molecule has 2 aromatic heterocycles. The van der Waals surface area contributed by atoms with Crippen LogP contribution in [0.5, 0.6) is 0 Å². The monoisotopic (exact) mass is 299 g/mol. The number of allylic oxidation sites excluding steroid dienone is 1. The van der Waals surface area contributed by atoms with Crippen molar-refractivity contribution in [3.63, 3.8) is 0 Å². The number of aliphatic carboxylic acids is 1. The number of carbonyl (C=O) groups is 1. The highest BCUT2D eigenvalue weighted by atomic mass is 32.1. The maximum Gasteiger partial charge on any atom is 0.303 e. The minimum atomic E-state index is -0.818. The highest BCUT2D eigenvalue weighted by molar-refractivity contribution is 7.19. The lowest BCUT2D eigenvalue weighted by atomic mass is 10.1. The molecule has 0 aliphatic carbocycles. The van der Waals surface area contributed by atoms with Crippen LogP contribution < -0.4 is 0 Å². The molecule has 1 aromatic carbocycles. The number of aromatic nitrogens is 1. The summed E-state index contributed by atoms with van der Waals surface area (Å²) in [5.74, 6) is -0.115. The third kappa shape index (κ3) is 3.20. The van der Waals surface area contributed by atoms with Crippen molar-refractivity contribution >= 4 is 39.2 Å². The van der Waals surface area contributed by atoms with Crippen molar-refractivity contribution in [2.45, 2.75) is 12.8 Å². The number of fused-ring (bicyclic) bond motifs is 1. The quantitative estimate of drug-likeness (QED) is 0.763. The Morgan fingerprint density at radius 2 is 2.10 bits per heavy atom. The van der Waals surface area contributed by atoms with E-state index in [0.29, 0.717) is 12.2 Å². The molecule has 0 bridgehead atoms. The Morgan fingerprint density at radius 3 is 2.81 bits per heavy atom. The van der Waals surface area contributed by atoms with Crippen LogP contribution in [0.2, 0.25) is 0 Å². The van der Waals surface area contributed by atoms with Crippen LogP contribution in [-0.4, -0.2) is 16.1 Å². The second-order valence-electron chi connectivity index (χ2n) is 4.57. The molecule has 0 spiro atoms. The fourth-order valence-corrected chi connectivity index (χ4v) is 3.05. The average Bonchev–Trinajstić information content (AvgIpc) is 3.11. The van der Waals surface area contributed by atoms with Crippen molar-refractivity contribution in [3.05, 3.63) is 53.4 Å². The van der Waals surface area contributed by atoms with Gasteiger partial charge in [0.2, 0.25) is 0 Å². The van der Waals surface area contributed by atoms with Crippen molar-refractivity contribution in [1.82, 2.24) is 4.98 Å². The fraction of sp³-hybridized carbons (Fsp3) is 0.125. The molecular weight excluding hydrogens is 286 g/mol. The predicted octanol–water partition coefficient (Wildman–Crippen LogP) is 4.29. The molecule has 0 aliphatic heterocycles. The van der Waals surface area contributed by atoms with E-state index in [1.807, 2.05) is 36.4 Å². The van der Waals surface area contributed by atoms with E-state index in [1.165, 1.54) is 0 Å². The Morgan fingerprint density at radius 1 is 1.24 bits per heavy atom. The zero-order valence-electron chi connectivity index (χ0n) is 11.2. The number of carboxylic acids is 1. The van der Waals surface area contributed by atoms with Gasteiger partial charge in [-0.1, -0.05) is 12.1 Å². The summed E-state index contributed by atoms with van der Waals surface area (Å²) in [6.07, 6.45) is 3.96. The number of carboxylic acid groups (broad SMARTS) is 1. The summed E-state index contributed by atoms with van der Waals surface area (Å²) in [4.78, 5) is 15.4. The van der Waals surface area contributed by atoms with Gasteiger partial charge in [0.1, 0.15) is 10.8 Å². The van der Waals surface area contributed by atoms with Crippen LogP contribution in [-0.2, 0) is 4.79 Å². The van der Waals surface area contributed by atoms with Crippen LogP contribution in [0, 0.1) is 0 Å². The standard InChI is InChI=1S/C16H13NO3S/c18-15(19)8-7-11(10-12-4-3-9-20-12)16-17-13-5-1-2-6-14(13)21-16/h1-6,9-10H,7-8H2,(H,18,19)/b11-10-. The molecule has 0 atom stereocenters. The van der Waals surface area contributed by atoms with Crippen LogP contribution in [0.1, 0.15) is 23.6 Å². The Labute approximate surface area is 125 Å². The lowest BCUT2D eigenvalue weighted by Crippen LogP contribution is -1.95. The van der Waals surface area contributed by atoms with E-state index in [9.17, 15) is 4.79 Å². The fourth-order valence-electron chi connectivity index (χ4n) is 2.04. The Kier molecular flexibility index (Phi) is 3.83. The number of furan rings is 1. The number of nitrogens with zero attached hydrogens (tertiary/aromatic N) is 1. The van der Waals surface area contributed by atoms with Crippen molar-refractivity contribution in [2.24, 2.45) is 0 Å². The first-order valence-corrected chi connectivity index (χ1v) is 7.36. The van der Waals surface area contributed by atoms with Crippen molar-refractivity contribution in [3.8, 4) is 0 Å². The number of para-hydroxylation sites is 1. The van der Waals surface area contributed by atoms with Gasteiger partial charge < -0.3 is 9.52 Å². The molecule has 3 rings (SSSR count). The Balaban J connectivity index is 1.99. The van der Waals surface area contributed by atoms with E-state index in [2.05, 4.69) is 4.98 Å².